The Bertz CT molecular complexity index is 2150. The van der Waals surface area contributed by atoms with Crippen molar-refractivity contribution in [2.45, 2.75) is 207 Å². The fraction of sp³-hybridized carbons (Fsp3) is 0.803. The molecule has 0 amide bonds. The Kier molecular flexibility index (Phi) is 9.49. The zero-order valence-electron chi connectivity index (χ0n) is 42.8. The first-order valence-corrected chi connectivity index (χ1v) is 29.2. The van der Waals surface area contributed by atoms with Crippen LogP contribution in [0.15, 0.2) is 38.0 Å². The Morgan fingerprint density at radius 1 is 0.274 bits per heavy atom. The molecule has 6 atom stereocenters. The molecule has 19 saturated carbocycles. The SMILES string of the molecule is C=CC1CC1(C(=O)OC12CC3CC(CC(C3)C1)C2)C(=O)OC12CC3CC(OC(=O)C4(C(=O)OC56CC7CC(CC(C7)C5)C6)CC4C=C)(C1)CC(OC(=O)C1(C(=O)OC45CC6CC(CC(C6)C4)C5)CC1C=C)(C3)C2. The smallest absolute Gasteiger partial charge is 0.324 e. The molecule has 392 valence electrons. The van der Waals surface area contributed by atoms with E-state index in [-0.39, 0.29) is 44.4 Å². The molecule has 73 heavy (non-hydrogen) atoms. The number of esters is 6. The van der Waals surface area contributed by atoms with Gasteiger partial charge in [-0.3, -0.25) is 28.8 Å². The van der Waals surface area contributed by atoms with Crippen molar-refractivity contribution in [3.63, 3.8) is 0 Å². The van der Waals surface area contributed by atoms with E-state index in [1.165, 1.54) is 57.8 Å². The summed E-state index contributed by atoms with van der Waals surface area (Å²) >= 11 is 0. The molecule has 0 saturated heterocycles. The van der Waals surface area contributed by atoms with Crippen LogP contribution in [-0.2, 0) is 57.2 Å². The molecule has 19 rings (SSSR count). The number of hydrogen-bond donors (Lipinski definition) is 0. The fourth-order valence-electron chi connectivity index (χ4n) is 22.1. The van der Waals surface area contributed by atoms with Crippen molar-refractivity contribution >= 4 is 35.8 Å². The van der Waals surface area contributed by atoms with E-state index in [4.69, 9.17) is 28.4 Å². The van der Waals surface area contributed by atoms with Gasteiger partial charge in [-0.25, -0.2) is 0 Å². The van der Waals surface area contributed by atoms with Gasteiger partial charge in [0, 0.05) is 37.0 Å². The zero-order chi connectivity index (χ0) is 49.9. The van der Waals surface area contributed by atoms with Crippen molar-refractivity contribution in [1.82, 2.24) is 0 Å². The highest BCUT2D eigenvalue weighted by Crippen LogP contribution is 2.69. The molecule has 19 fully saturated rings. The predicted octanol–water partition coefficient (Wildman–Crippen LogP) is 9.94. The van der Waals surface area contributed by atoms with Gasteiger partial charge in [0.2, 0.25) is 0 Å². The molecule has 12 nitrogen and oxygen atoms in total. The molecule has 0 aromatic rings. The highest BCUT2D eigenvalue weighted by molar-refractivity contribution is 6.06. The number of hydrogen-bond acceptors (Lipinski definition) is 12. The maximum absolute atomic E-state index is 15.2. The van der Waals surface area contributed by atoms with E-state index in [2.05, 4.69) is 19.7 Å². The number of carbonyl (C=O) groups is 6. The number of carbonyl (C=O) groups excluding carboxylic acids is 6. The van der Waals surface area contributed by atoms with Gasteiger partial charge in [-0.15, -0.1) is 19.7 Å². The Morgan fingerprint density at radius 3 is 0.630 bits per heavy atom. The van der Waals surface area contributed by atoms with Gasteiger partial charge in [0.1, 0.15) is 33.6 Å². The van der Waals surface area contributed by atoms with E-state index in [1.54, 1.807) is 18.2 Å². The van der Waals surface area contributed by atoms with Gasteiger partial charge in [0.15, 0.2) is 16.2 Å². The number of ether oxygens (including phenoxy) is 6. The largest absolute Gasteiger partial charge is 0.458 e. The Balaban J connectivity index is 0.735. The molecular formula is C61H76O12. The first kappa shape index (κ1) is 46.4. The van der Waals surface area contributed by atoms with Crippen LogP contribution in [0.2, 0.25) is 0 Å². The quantitative estimate of drug-likeness (QED) is 0.0663. The van der Waals surface area contributed by atoms with E-state index < -0.39 is 103 Å². The summed E-state index contributed by atoms with van der Waals surface area (Å²) in [4.78, 5) is 89.9. The Hall–Kier alpha value is -3.96. The zero-order valence-corrected chi connectivity index (χ0v) is 42.8. The third-order valence-electron chi connectivity index (χ3n) is 23.8. The Labute approximate surface area is 429 Å². The van der Waals surface area contributed by atoms with Crippen LogP contribution in [0.1, 0.15) is 173 Å². The normalized spacial score (nSPS) is 54.5. The molecule has 6 unspecified atom stereocenters. The third kappa shape index (κ3) is 6.79. The minimum atomic E-state index is -1.56. The predicted molar refractivity (Wildman–Crippen MR) is 261 cm³/mol. The summed E-state index contributed by atoms with van der Waals surface area (Å²) in [5.41, 5.74) is -10.3. The molecule has 0 N–H and O–H groups in total. The van der Waals surface area contributed by atoms with Crippen molar-refractivity contribution in [3.05, 3.63) is 38.0 Å². The maximum atomic E-state index is 15.2. The monoisotopic (exact) mass is 1000 g/mol. The van der Waals surface area contributed by atoms with Crippen LogP contribution < -0.4 is 0 Å². The molecule has 0 aromatic carbocycles. The lowest BCUT2D eigenvalue weighted by Crippen LogP contribution is -2.69. The van der Waals surface area contributed by atoms with Gasteiger partial charge >= 0.3 is 35.8 Å². The summed E-state index contributed by atoms with van der Waals surface area (Å²) in [6.45, 7) is 12.1. The van der Waals surface area contributed by atoms with Crippen LogP contribution in [0.25, 0.3) is 0 Å². The second-order valence-electron chi connectivity index (χ2n) is 29.2. The average Bonchev–Trinajstić information content (AvgIpc) is 4.21. The number of rotatable bonds is 15. The first-order chi connectivity index (χ1) is 34.9. The summed E-state index contributed by atoms with van der Waals surface area (Å²) in [5, 5.41) is 0. The van der Waals surface area contributed by atoms with E-state index >= 15 is 14.4 Å². The van der Waals surface area contributed by atoms with Crippen molar-refractivity contribution in [3.8, 4) is 0 Å². The molecular weight excluding hydrogens is 925 g/mol. The second kappa shape index (κ2) is 14.9. The molecule has 0 aliphatic heterocycles. The van der Waals surface area contributed by atoms with Crippen LogP contribution in [0.4, 0.5) is 0 Å². The molecule has 19 aliphatic rings. The fourth-order valence-corrected chi connectivity index (χ4v) is 22.1. The van der Waals surface area contributed by atoms with Gasteiger partial charge in [0.25, 0.3) is 0 Å². The minimum absolute atomic E-state index is 0.111. The first-order valence-electron chi connectivity index (χ1n) is 29.2. The van der Waals surface area contributed by atoms with Crippen LogP contribution in [0.3, 0.4) is 0 Å². The standard InChI is InChI=1S/C61H76O12/c1-4-44-28-59(44,47(62)68-53-16-34-7-35(17-53)9-36(8-34)18-53)50(65)71-56-25-43-26-57(31-56,72-51(66)60(29-45(60)5-2)48(63)69-54-19-37-10-38(20-54)12-39(11-37)21-54)33-58(27-43,32-56)73-52(67)61(30-46(61)6-3)49(64)70-55-22-40-13-41(23-55)15-42(14-40)24-55/h4-6,34-46H,1-3,7-33H2. The van der Waals surface area contributed by atoms with E-state index in [9.17, 15) is 14.4 Å². The van der Waals surface area contributed by atoms with Gasteiger partial charge in [-0.1, -0.05) is 18.2 Å². The van der Waals surface area contributed by atoms with Gasteiger partial charge < -0.3 is 28.4 Å². The summed E-state index contributed by atoms with van der Waals surface area (Å²) in [7, 11) is 0. The second-order valence-corrected chi connectivity index (χ2v) is 29.2. The van der Waals surface area contributed by atoms with Gasteiger partial charge in [-0.05, 0) is 213 Å². The molecule has 16 bridgehead atoms. The minimum Gasteiger partial charge on any atom is -0.458 e. The lowest BCUT2D eigenvalue weighted by atomic mass is 9.50. The van der Waals surface area contributed by atoms with Crippen LogP contribution in [-0.4, -0.2) is 69.4 Å². The average molecular weight is 1000 g/mol. The van der Waals surface area contributed by atoms with E-state index in [0.29, 0.717) is 72.5 Å². The van der Waals surface area contributed by atoms with Crippen LogP contribution in [0, 0.1) is 93.2 Å². The van der Waals surface area contributed by atoms with Crippen LogP contribution >= 0.6 is 0 Å². The third-order valence-corrected chi connectivity index (χ3v) is 23.8. The molecule has 0 spiro atoms. The Morgan fingerprint density at radius 2 is 0.452 bits per heavy atom. The number of allylic oxidation sites excluding steroid dienone is 3. The van der Waals surface area contributed by atoms with Crippen molar-refractivity contribution in [2.75, 3.05) is 0 Å². The molecule has 19 aliphatic carbocycles. The summed E-state index contributed by atoms with van der Waals surface area (Å²) < 4.78 is 40.5. The van der Waals surface area contributed by atoms with Gasteiger partial charge in [-0.2, -0.15) is 0 Å². The van der Waals surface area contributed by atoms with Crippen LogP contribution in [0.5, 0.6) is 0 Å². The summed E-state index contributed by atoms with van der Waals surface area (Å²) in [6, 6.07) is 0. The highest BCUT2D eigenvalue weighted by atomic mass is 16.6. The summed E-state index contributed by atoms with van der Waals surface area (Å²) in [6.07, 6.45) is 25.3. The van der Waals surface area contributed by atoms with Crippen molar-refractivity contribution < 1.29 is 57.2 Å². The van der Waals surface area contributed by atoms with Crippen molar-refractivity contribution in [2.24, 2.45) is 93.2 Å². The lowest BCUT2D eigenvalue weighted by Gasteiger charge is -2.64. The van der Waals surface area contributed by atoms with Crippen molar-refractivity contribution in [1.29, 1.82) is 0 Å². The maximum Gasteiger partial charge on any atom is 0.324 e. The molecule has 12 heteroatoms. The summed E-state index contributed by atoms with van der Waals surface area (Å²) in [5.74, 6) is -0.452. The highest BCUT2D eigenvalue weighted by Gasteiger charge is 2.77. The molecule has 0 radical (unpaired) electrons. The topological polar surface area (TPSA) is 158 Å². The van der Waals surface area contributed by atoms with E-state index in [1.807, 2.05) is 0 Å². The lowest BCUT2D eigenvalue weighted by molar-refractivity contribution is -0.277. The molecule has 0 heterocycles. The van der Waals surface area contributed by atoms with E-state index in [0.717, 1.165) is 57.8 Å². The van der Waals surface area contributed by atoms with Gasteiger partial charge in [0.05, 0.1) is 0 Å². The molecule has 0 aromatic heterocycles.